The van der Waals surface area contributed by atoms with Crippen molar-refractivity contribution < 1.29 is 33.3 Å². The molecule has 0 fully saturated rings. The zero-order valence-corrected chi connectivity index (χ0v) is 17.0. The van der Waals surface area contributed by atoms with Crippen LogP contribution in [0.5, 0.6) is 0 Å². The van der Waals surface area contributed by atoms with Gasteiger partial charge in [-0.2, -0.15) is 0 Å². The maximum absolute atomic E-state index is 12.2. The lowest BCUT2D eigenvalue weighted by molar-refractivity contribution is -0.143. The minimum atomic E-state index is -0.984. The lowest BCUT2D eigenvalue weighted by atomic mass is 10.2. The van der Waals surface area contributed by atoms with Gasteiger partial charge in [-0.15, -0.1) is 0 Å². The molecule has 0 aliphatic carbocycles. The van der Waals surface area contributed by atoms with E-state index in [-0.39, 0.29) is 12.7 Å². The summed E-state index contributed by atoms with van der Waals surface area (Å²) in [5.41, 5.74) is -1.67. The van der Waals surface area contributed by atoms with Crippen molar-refractivity contribution in [2.75, 3.05) is 13.2 Å². The highest BCUT2D eigenvalue weighted by molar-refractivity contribution is 5.92. The first-order valence-corrected chi connectivity index (χ1v) is 8.41. The number of amides is 2. The molecule has 0 spiro atoms. The van der Waals surface area contributed by atoms with Gasteiger partial charge in [0.05, 0.1) is 12.4 Å². The van der Waals surface area contributed by atoms with Crippen LogP contribution in [-0.4, -0.2) is 53.5 Å². The molecule has 8 heteroatoms. The van der Waals surface area contributed by atoms with Gasteiger partial charge in [-0.05, 0) is 61.5 Å². The van der Waals surface area contributed by atoms with Gasteiger partial charge in [-0.25, -0.2) is 14.5 Å². The van der Waals surface area contributed by atoms with E-state index in [4.69, 9.17) is 18.9 Å². The Morgan fingerprint density at radius 1 is 0.923 bits per heavy atom. The Morgan fingerprint density at radius 2 is 1.38 bits per heavy atom. The molecule has 0 saturated carbocycles. The highest BCUT2D eigenvalue weighted by Gasteiger charge is 2.33. The van der Waals surface area contributed by atoms with Crippen LogP contribution in [-0.2, 0) is 23.7 Å². The lowest BCUT2D eigenvalue weighted by Crippen LogP contribution is -2.46. The summed E-state index contributed by atoms with van der Waals surface area (Å²) in [6, 6.07) is 0. The third kappa shape index (κ3) is 12.2. The van der Waals surface area contributed by atoms with Crippen LogP contribution >= 0.6 is 0 Å². The molecule has 0 aromatic rings. The van der Waals surface area contributed by atoms with Crippen molar-refractivity contribution >= 4 is 18.2 Å². The van der Waals surface area contributed by atoms with Crippen LogP contribution in [0.3, 0.4) is 0 Å². The van der Waals surface area contributed by atoms with Gasteiger partial charge in [-0.1, -0.05) is 0 Å². The fraction of sp³-hybridized carbons (Fsp3) is 0.722. The minimum absolute atomic E-state index is 0.0109. The van der Waals surface area contributed by atoms with E-state index < -0.39 is 35.9 Å². The SMILES string of the molecule is CC(C)O/C=C/COC(=O)CN(C(=O)OC(C)(C)C)C(=O)OC(C)(C)C. The summed E-state index contributed by atoms with van der Waals surface area (Å²) in [7, 11) is 0. The van der Waals surface area contributed by atoms with E-state index in [1.807, 2.05) is 13.8 Å². The third-order valence-electron chi connectivity index (χ3n) is 2.30. The molecule has 0 atom stereocenters. The Balaban J connectivity index is 4.89. The van der Waals surface area contributed by atoms with Crippen molar-refractivity contribution in [3.63, 3.8) is 0 Å². The molecular formula is C18H31NO7. The van der Waals surface area contributed by atoms with Gasteiger partial charge in [-0.3, -0.25) is 4.79 Å². The van der Waals surface area contributed by atoms with Crippen LogP contribution in [0.2, 0.25) is 0 Å². The van der Waals surface area contributed by atoms with Gasteiger partial charge in [0.1, 0.15) is 24.4 Å². The average Bonchev–Trinajstić information content (AvgIpc) is 2.39. The van der Waals surface area contributed by atoms with Crippen molar-refractivity contribution in [3.8, 4) is 0 Å². The molecule has 0 radical (unpaired) electrons. The van der Waals surface area contributed by atoms with Gasteiger partial charge in [0.25, 0.3) is 0 Å². The number of rotatable bonds is 6. The van der Waals surface area contributed by atoms with Crippen molar-refractivity contribution in [2.24, 2.45) is 0 Å². The summed E-state index contributed by atoms with van der Waals surface area (Å²) in [4.78, 5) is 37.0. The molecule has 0 unspecified atom stereocenters. The van der Waals surface area contributed by atoms with Gasteiger partial charge >= 0.3 is 18.2 Å². The monoisotopic (exact) mass is 373 g/mol. The van der Waals surface area contributed by atoms with E-state index in [1.54, 1.807) is 41.5 Å². The minimum Gasteiger partial charge on any atom is -0.499 e. The number of hydrogen-bond donors (Lipinski definition) is 0. The van der Waals surface area contributed by atoms with Gasteiger partial charge < -0.3 is 18.9 Å². The topological polar surface area (TPSA) is 91.4 Å². The van der Waals surface area contributed by atoms with Crippen LogP contribution in [0.4, 0.5) is 9.59 Å². The maximum Gasteiger partial charge on any atom is 0.420 e. The summed E-state index contributed by atoms with van der Waals surface area (Å²) in [5.74, 6) is -0.782. The molecule has 0 heterocycles. The smallest absolute Gasteiger partial charge is 0.420 e. The molecule has 0 aromatic heterocycles. The molecule has 0 aromatic carbocycles. The largest absolute Gasteiger partial charge is 0.499 e. The Morgan fingerprint density at radius 3 is 1.77 bits per heavy atom. The molecule has 0 saturated heterocycles. The summed E-state index contributed by atoms with van der Waals surface area (Å²) in [5, 5.41) is 0. The summed E-state index contributed by atoms with van der Waals surface area (Å²) in [6.45, 7) is 12.9. The summed E-state index contributed by atoms with van der Waals surface area (Å²) in [6.07, 6.45) is 0.960. The van der Waals surface area contributed by atoms with Crippen molar-refractivity contribution in [3.05, 3.63) is 12.3 Å². The van der Waals surface area contributed by atoms with E-state index in [0.29, 0.717) is 4.90 Å². The van der Waals surface area contributed by atoms with Gasteiger partial charge in [0, 0.05) is 0 Å². The Bertz CT molecular complexity index is 485. The number of nitrogens with zero attached hydrogens (tertiary/aromatic N) is 1. The quantitative estimate of drug-likeness (QED) is 0.399. The molecule has 8 nitrogen and oxygen atoms in total. The van der Waals surface area contributed by atoms with Gasteiger partial charge in [0.2, 0.25) is 0 Å². The average molecular weight is 373 g/mol. The highest BCUT2D eigenvalue weighted by Crippen LogP contribution is 2.14. The number of hydrogen-bond acceptors (Lipinski definition) is 7. The normalized spacial score (nSPS) is 12.0. The Kier molecular flexibility index (Phi) is 9.17. The fourth-order valence-electron chi connectivity index (χ4n) is 1.41. The van der Waals surface area contributed by atoms with E-state index in [9.17, 15) is 14.4 Å². The number of ether oxygens (including phenoxy) is 4. The molecule has 0 aliphatic heterocycles. The van der Waals surface area contributed by atoms with Crippen LogP contribution in [0.1, 0.15) is 55.4 Å². The zero-order chi connectivity index (χ0) is 20.5. The number of carbonyl (C=O) groups excluding carboxylic acids is 3. The van der Waals surface area contributed by atoms with Gasteiger partial charge in [0.15, 0.2) is 0 Å². The maximum atomic E-state index is 12.2. The second kappa shape index (κ2) is 10.0. The molecule has 2 amide bonds. The molecule has 0 bridgehead atoms. The predicted molar refractivity (Wildman–Crippen MR) is 95.5 cm³/mol. The molecule has 150 valence electrons. The summed E-state index contributed by atoms with van der Waals surface area (Å²) >= 11 is 0. The van der Waals surface area contributed by atoms with E-state index in [1.165, 1.54) is 12.3 Å². The first kappa shape index (κ1) is 23.8. The molecular weight excluding hydrogens is 342 g/mol. The van der Waals surface area contributed by atoms with Crippen molar-refractivity contribution in [2.45, 2.75) is 72.7 Å². The number of imide groups is 1. The van der Waals surface area contributed by atoms with Crippen LogP contribution in [0.15, 0.2) is 12.3 Å². The number of esters is 1. The lowest BCUT2D eigenvalue weighted by Gasteiger charge is -2.28. The van der Waals surface area contributed by atoms with Crippen molar-refractivity contribution in [1.82, 2.24) is 4.90 Å². The standard InChI is InChI=1S/C18H31NO7/c1-13(2)23-10-9-11-24-14(20)12-19(15(21)25-17(3,4)5)16(22)26-18(6,7)8/h9-10,13H,11-12H2,1-8H3/b10-9+. The van der Waals surface area contributed by atoms with E-state index in [0.717, 1.165) is 0 Å². The third-order valence-corrected chi connectivity index (χ3v) is 2.30. The number of carbonyl (C=O) groups is 3. The molecule has 0 rings (SSSR count). The van der Waals surface area contributed by atoms with Crippen LogP contribution in [0.25, 0.3) is 0 Å². The predicted octanol–water partition coefficient (Wildman–Crippen LogP) is 3.64. The second-order valence-corrected chi connectivity index (χ2v) is 7.79. The molecule has 26 heavy (non-hydrogen) atoms. The van der Waals surface area contributed by atoms with Crippen molar-refractivity contribution in [1.29, 1.82) is 0 Å². The zero-order valence-electron chi connectivity index (χ0n) is 17.0. The fourth-order valence-corrected chi connectivity index (χ4v) is 1.41. The van der Waals surface area contributed by atoms with E-state index in [2.05, 4.69) is 0 Å². The summed E-state index contributed by atoms with van der Waals surface area (Å²) < 4.78 is 20.4. The van der Waals surface area contributed by atoms with E-state index >= 15 is 0 Å². The Hall–Kier alpha value is -2.25. The second-order valence-electron chi connectivity index (χ2n) is 7.79. The van der Waals surface area contributed by atoms with Crippen LogP contribution < -0.4 is 0 Å². The molecule has 0 N–H and O–H groups in total. The first-order chi connectivity index (χ1) is 11.7. The molecule has 0 aliphatic rings. The Labute approximate surface area is 155 Å². The first-order valence-electron chi connectivity index (χ1n) is 8.41. The van der Waals surface area contributed by atoms with Crippen LogP contribution in [0, 0.1) is 0 Å². The highest BCUT2D eigenvalue weighted by atomic mass is 16.6.